The molecule has 3 N–H and O–H groups in total. The quantitative estimate of drug-likeness (QED) is 0.765. The van der Waals surface area contributed by atoms with Crippen molar-refractivity contribution in [2.45, 2.75) is 32.5 Å². The zero-order valence-electron chi connectivity index (χ0n) is 15.0. The lowest BCUT2D eigenvalue weighted by molar-refractivity contribution is -0.143. The molecule has 0 radical (unpaired) electrons. The summed E-state index contributed by atoms with van der Waals surface area (Å²) < 4.78 is 43.9. The first-order valence-electron chi connectivity index (χ1n) is 8.34. The number of carbonyl (C=O) groups excluding carboxylic acids is 1. The number of hydrogen-bond donors (Lipinski definition) is 2. The van der Waals surface area contributed by atoms with E-state index in [1.54, 1.807) is 13.8 Å². The molecule has 1 atom stereocenters. The van der Waals surface area contributed by atoms with Crippen LogP contribution in [0.1, 0.15) is 36.8 Å². The molecule has 1 unspecified atom stereocenters. The fraction of sp³-hybridized carbons (Fsp3) is 0.263. The number of esters is 1. The van der Waals surface area contributed by atoms with Gasteiger partial charge in [0.1, 0.15) is 29.6 Å². The molecule has 0 fully saturated rings. The summed E-state index contributed by atoms with van der Waals surface area (Å²) >= 11 is 0. The fourth-order valence-corrected chi connectivity index (χ4v) is 2.89. The standard InChI is InChI=1S/C19H17F2NO6/c1-8(2)26-19(25)15-14(11-4-3-9(20)5-12(11)21)17-16(28-18(15)22)13(24)6-10(7-23)27-17/h3-6,8,14,23H,7,22H2,1-2H3. The Labute approximate surface area is 158 Å². The van der Waals surface area contributed by atoms with Gasteiger partial charge in [0, 0.05) is 17.7 Å². The molecule has 1 aliphatic heterocycles. The lowest BCUT2D eigenvalue weighted by Gasteiger charge is -2.27. The second-order valence-corrected chi connectivity index (χ2v) is 6.36. The van der Waals surface area contributed by atoms with E-state index in [4.69, 9.17) is 19.6 Å². The van der Waals surface area contributed by atoms with Gasteiger partial charge in [-0.2, -0.15) is 0 Å². The topological polar surface area (TPSA) is 112 Å². The van der Waals surface area contributed by atoms with Crippen LogP contribution in [0.5, 0.6) is 5.75 Å². The predicted octanol–water partition coefficient (Wildman–Crippen LogP) is 2.06. The van der Waals surface area contributed by atoms with Crippen molar-refractivity contribution in [1.29, 1.82) is 0 Å². The third-order valence-corrected chi connectivity index (χ3v) is 4.00. The third kappa shape index (κ3) is 3.48. The summed E-state index contributed by atoms with van der Waals surface area (Å²) in [5.41, 5.74) is 4.69. The Balaban J connectivity index is 2.29. The molecule has 0 saturated heterocycles. The van der Waals surface area contributed by atoms with Crippen LogP contribution in [-0.2, 0) is 16.1 Å². The zero-order valence-corrected chi connectivity index (χ0v) is 15.0. The average molecular weight is 393 g/mol. The first kappa shape index (κ1) is 19.6. The molecule has 28 heavy (non-hydrogen) atoms. The van der Waals surface area contributed by atoms with E-state index >= 15 is 0 Å². The lowest BCUT2D eigenvalue weighted by atomic mass is 9.86. The minimum Gasteiger partial charge on any atom is -0.459 e. The molecule has 148 valence electrons. The van der Waals surface area contributed by atoms with E-state index in [-0.39, 0.29) is 28.4 Å². The minimum absolute atomic E-state index is 0.128. The third-order valence-electron chi connectivity index (χ3n) is 4.00. The molecule has 0 saturated carbocycles. The number of nitrogens with two attached hydrogens (primary N) is 1. The van der Waals surface area contributed by atoms with Crippen molar-refractivity contribution in [3.8, 4) is 5.75 Å². The van der Waals surface area contributed by atoms with Crippen molar-refractivity contribution >= 4 is 5.97 Å². The predicted molar refractivity (Wildman–Crippen MR) is 92.2 cm³/mol. The molecule has 0 aliphatic carbocycles. The van der Waals surface area contributed by atoms with Gasteiger partial charge in [-0.15, -0.1) is 0 Å². The van der Waals surface area contributed by atoms with Crippen LogP contribution >= 0.6 is 0 Å². The second-order valence-electron chi connectivity index (χ2n) is 6.36. The van der Waals surface area contributed by atoms with Crippen LogP contribution in [0.15, 0.2) is 44.9 Å². The van der Waals surface area contributed by atoms with Crippen molar-refractivity contribution in [1.82, 2.24) is 0 Å². The fourth-order valence-electron chi connectivity index (χ4n) is 2.89. The summed E-state index contributed by atoms with van der Waals surface area (Å²) in [6.07, 6.45) is -0.524. The van der Waals surface area contributed by atoms with E-state index in [2.05, 4.69) is 0 Å². The molecule has 1 aromatic carbocycles. The van der Waals surface area contributed by atoms with Crippen LogP contribution in [0.2, 0.25) is 0 Å². The largest absolute Gasteiger partial charge is 0.459 e. The molecular weight excluding hydrogens is 376 g/mol. The van der Waals surface area contributed by atoms with Crippen LogP contribution in [0.4, 0.5) is 8.78 Å². The number of benzene rings is 1. The first-order valence-corrected chi connectivity index (χ1v) is 8.34. The number of rotatable bonds is 4. The van der Waals surface area contributed by atoms with Gasteiger partial charge in [-0.05, 0) is 19.9 Å². The lowest BCUT2D eigenvalue weighted by Crippen LogP contribution is -2.31. The normalized spacial score (nSPS) is 16.0. The van der Waals surface area contributed by atoms with E-state index in [0.29, 0.717) is 6.07 Å². The molecule has 9 heteroatoms. The number of aliphatic hydroxyl groups is 1. The van der Waals surface area contributed by atoms with Crippen molar-refractivity contribution in [3.63, 3.8) is 0 Å². The van der Waals surface area contributed by atoms with Crippen LogP contribution in [0.25, 0.3) is 0 Å². The van der Waals surface area contributed by atoms with Gasteiger partial charge >= 0.3 is 5.97 Å². The Kier molecular flexibility index (Phi) is 5.19. The van der Waals surface area contributed by atoms with Gasteiger partial charge in [-0.25, -0.2) is 13.6 Å². The Morgan fingerprint density at radius 3 is 2.64 bits per heavy atom. The van der Waals surface area contributed by atoms with Crippen molar-refractivity contribution in [2.24, 2.45) is 5.73 Å². The molecule has 7 nitrogen and oxygen atoms in total. The van der Waals surface area contributed by atoms with Gasteiger partial charge in [0.2, 0.25) is 17.1 Å². The number of halogens is 2. The molecule has 0 bridgehead atoms. The average Bonchev–Trinajstić information content (AvgIpc) is 2.61. The van der Waals surface area contributed by atoms with Crippen LogP contribution < -0.4 is 15.9 Å². The monoisotopic (exact) mass is 393 g/mol. The van der Waals surface area contributed by atoms with Crippen LogP contribution in [-0.4, -0.2) is 17.2 Å². The molecule has 0 spiro atoms. The number of fused-ring (bicyclic) bond motifs is 1. The summed E-state index contributed by atoms with van der Waals surface area (Å²) in [6, 6.07) is 3.71. The van der Waals surface area contributed by atoms with Crippen LogP contribution in [0.3, 0.4) is 0 Å². The Morgan fingerprint density at radius 1 is 1.32 bits per heavy atom. The summed E-state index contributed by atoms with van der Waals surface area (Å²) in [5.74, 6) is -5.26. The van der Waals surface area contributed by atoms with E-state index in [9.17, 15) is 23.5 Å². The maximum atomic E-state index is 14.6. The SMILES string of the molecule is CC(C)OC(=O)C1=C(N)Oc2c(oc(CO)cc2=O)C1c1ccc(F)cc1F. The van der Waals surface area contributed by atoms with E-state index in [0.717, 1.165) is 18.2 Å². The Bertz CT molecular complexity index is 1030. The van der Waals surface area contributed by atoms with Gasteiger partial charge in [0.25, 0.3) is 0 Å². The summed E-state index contributed by atoms with van der Waals surface area (Å²) in [5, 5.41) is 9.33. The van der Waals surface area contributed by atoms with Gasteiger partial charge in [-0.1, -0.05) is 6.07 Å². The number of hydrogen-bond acceptors (Lipinski definition) is 7. The first-order chi connectivity index (χ1) is 13.2. The Morgan fingerprint density at radius 2 is 2.04 bits per heavy atom. The minimum atomic E-state index is -1.34. The van der Waals surface area contributed by atoms with Crippen LogP contribution in [0, 0.1) is 11.6 Å². The maximum absolute atomic E-state index is 14.6. The molecule has 3 rings (SSSR count). The number of ether oxygens (including phenoxy) is 2. The molecule has 2 aromatic rings. The molecule has 1 aromatic heterocycles. The van der Waals surface area contributed by atoms with Gasteiger partial charge in [0.05, 0.1) is 12.0 Å². The number of aliphatic hydroxyl groups excluding tert-OH is 1. The second kappa shape index (κ2) is 7.43. The smallest absolute Gasteiger partial charge is 0.340 e. The van der Waals surface area contributed by atoms with Crippen molar-refractivity contribution < 1.29 is 32.6 Å². The van der Waals surface area contributed by atoms with E-state index in [1.165, 1.54) is 0 Å². The summed E-state index contributed by atoms with van der Waals surface area (Å²) in [6.45, 7) is 2.58. The summed E-state index contributed by atoms with van der Waals surface area (Å²) in [7, 11) is 0. The van der Waals surface area contributed by atoms with Crippen molar-refractivity contribution in [2.75, 3.05) is 0 Å². The van der Waals surface area contributed by atoms with Crippen molar-refractivity contribution in [3.05, 3.63) is 74.7 Å². The Hall–Kier alpha value is -3.20. The zero-order chi connectivity index (χ0) is 20.6. The highest BCUT2D eigenvalue weighted by Gasteiger charge is 2.40. The van der Waals surface area contributed by atoms with Gasteiger partial charge in [-0.3, -0.25) is 4.79 Å². The van der Waals surface area contributed by atoms with Gasteiger partial charge in [0.15, 0.2) is 5.76 Å². The highest BCUT2D eigenvalue weighted by Crippen LogP contribution is 2.42. The molecular formula is C19H17F2NO6. The van der Waals surface area contributed by atoms with E-state index < -0.39 is 47.5 Å². The number of carbonyl (C=O) groups is 1. The molecule has 2 heterocycles. The molecule has 0 amide bonds. The summed E-state index contributed by atoms with van der Waals surface area (Å²) in [4.78, 5) is 24.9. The van der Waals surface area contributed by atoms with E-state index in [1.807, 2.05) is 0 Å². The highest BCUT2D eigenvalue weighted by molar-refractivity contribution is 5.92. The maximum Gasteiger partial charge on any atom is 0.340 e. The molecule has 1 aliphatic rings. The van der Waals surface area contributed by atoms with Gasteiger partial charge < -0.3 is 24.7 Å². The highest BCUT2D eigenvalue weighted by atomic mass is 19.1.